The first kappa shape index (κ1) is 20.3. The molecule has 0 aliphatic heterocycles. The zero-order valence-electron chi connectivity index (χ0n) is 17.5. The molecule has 0 saturated heterocycles. The van der Waals surface area contributed by atoms with Crippen LogP contribution in [0.4, 0.5) is 5.69 Å². The number of anilines is 1. The molecule has 156 valence electrons. The van der Waals surface area contributed by atoms with E-state index in [0.29, 0.717) is 28.2 Å². The van der Waals surface area contributed by atoms with Crippen LogP contribution in [0.3, 0.4) is 0 Å². The van der Waals surface area contributed by atoms with Gasteiger partial charge in [0.25, 0.3) is 5.91 Å². The van der Waals surface area contributed by atoms with Gasteiger partial charge in [-0.15, -0.1) is 0 Å². The second-order valence-electron chi connectivity index (χ2n) is 7.39. The maximum Gasteiger partial charge on any atom is 0.339 e. The molecule has 1 N–H and O–H groups in total. The molecule has 0 saturated carbocycles. The SMILES string of the molecule is Cc1ccc(C)c(NC(=O)C(C)OC(=O)c2ccccc2-c2nc3ccccc3o2)c1. The van der Waals surface area contributed by atoms with Gasteiger partial charge in [0.1, 0.15) is 5.52 Å². The summed E-state index contributed by atoms with van der Waals surface area (Å²) in [6.45, 7) is 5.39. The van der Waals surface area contributed by atoms with Crippen molar-refractivity contribution < 1.29 is 18.7 Å². The highest BCUT2D eigenvalue weighted by Crippen LogP contribution is 2.27. The van der Waals surface area contributed by atoms with Crippen LogP contribution in [0.1, 0.15) is 28.4 Å². The summed E-state index contributed by atoms with van der Waals surface area (Å²) in [6, 6.07) is 20.0. The summed E-state index contributed by atoms with van der Waals surface area (Å²) in [5.74, 6) is -0.705. The van der Waals surface area contributed by atoms with E-state index >= 15 is 0 Å². The number of amides is 1. The van der Waals surface area contributed by atoms with Crippen molar-refractivity contribution in [2.75, 3.05) is 5.32 Å². The molecule has 0 radical (unpaired) electrons. The molecule has 0 bridgehead atoms. The van der Waals surface area contributed by atoms with Crippen molar-refractivity contribution in [3.63, 3.8) is 0 Å². The van der Waals surface area contributed by atoms with E-state index in [4.69, 9.17) is 9.15 Å². The Balaban J connectivity index is 1.53. The third kappa shape index (κ3) is 4.33. The van der Waals surface area contributed by atoms with Crippen molar-refractivity contribution in [2.45, 2.75) is 26.9 Å². The molecule has 4 aromatic rings. The van der Waals surface area contributed by atoms with Gasteiger partial charge < -0.3 is 14.5 Å². The number of nitrogens with one attached hydrogen (secondary N) is 1. The standard InChI is InChI=1S/C25H22N2O4/c1-15-12-13-16(2)21(14-15)26-23(28)17(3)30-25(29)19-9-5-4-8-18(19)24-27-20-10-6-7-11-22(20)31-24/h4-14,17H,1-3H3,(H,26,28). The number of ether oxygens (including phenoxy) is 1. The Hall–Kier alpha value is -3.93. The Morgan fingerprint density at radius 2 is 1.74 bits per heavy atom. The highest BCUT2D eigenvalue weighted by atomic mass is 16.5. The summed E-state index contributed by atoms with van der Waals surface area (Å²) >= 11 is 0. The van der Waals surface area contributed by atoms with E-state index in [9.17, 15) is 9.59 Å². The number of hydrogen-bond acceptors (Lipinski definition) is 5. The number of para-hydroxylation sites is 2. The van der Waals surface area contributed by atoms with Crippen LogP contribution in [0.5, 0.6) is 0 Å². The monoisotopic (exact) mass is 414 g/mol. The zero-order chi connectivity index (χ0) is 22.0. The summed E-state index contributed by atoms with van der Waals surface area (Å²) in [4.78, 5) is 29.9. The molecule has 1 aromatic heterocycles. The third-order valence-corrected chi connectivity index (χ3v) is 4.98. The molecule has 1 atom stereocenters. The van der Waals surface area contributed by atoms with Gasteiger partial charge in [-0.3, -0.25) is 4.79 Å². The number of hydrogen-bond donors (Lipinski definition) is 1. The second kappa shape index (κ2) is 8.44. The van der Waals surface area contributed by atoms with E-state index in [1.165, 1.54) is 0 Å². The van der Waals surface area contributed by atoms with Gasteiger partial charge in [0.15, 0.2) is 11.7 Å². The number of aryl methyl sites for hydroxylation is 2. The van der Waals surface area contributed by atoms with Crippen molar-refractivity contribution in [1.82, 2.24) is 4.98 Å². The maximum absolute atomic E-state index is 12.9. The van der Waals surface area contributed by atoms with E-state index in [2.05, 4.69) is 10.3 Å². The fraction of sp³-hybridized carbons (Fsp3) is 0.160. The number of rotatable bonds is 5. The molecule has 1 amide bonds. The number of carbonyl (C=O) groups is 2. The van der Waals surface area contributed by atoms with Crippen molar-refractivity contribution in [3.05, 3.63) is 83.4 Å². The molecule has 0 spiro atoms. The van der Waals surface area contributed by atoms with Gasteiger partial charge in [-0.2, -0.15) is 0 Å². The summed E-state index contributed by atoms with van der Waals surface area (Å²) < 4.78 is 11.3. The van der Waals surface area contributed by atoms with Gasteiger partial charge >= 0.3 is 5.97 Å². The predicted octanol–water partition coefficient (Wildman–Crippen LogP) is 5.30. The lowest BCUT2D eigenvalue weighted by Crippen LogP contribution is -2.30. The van der Waals surface area contributed by atoms with Crippen molar-refractivity contribution in [1.29, 1.82) is 0 Å². The molecule has 0 fully saturated rings. The molecule has 6 heteroatoms. The van der Waals surface area contributed by atoms with E-state index in [-0.39, 0.29) is 5.56 Å². The van der Waals surface area contributed by atoms with Gasteiger partial charge in [-0.25, -0.2) is 9.78 Å². The normalized spacial score (nSPS) is 11.8. The largest absolute Gasteiger partial charge is 0.449 e. The van der Waals surface area contributed by atoms with Crippen LogP contribution in [-0.2, 0) is 9.53 Å². The Morgan fingerprint density at radius 1 is 1.00 bits per heavy atom. The number of fused-ring (bicyclic) bond motifs is 1. The number of benzene rings is 3. The molecule has 1 heterocycles. The lowest BCUT2D eigenvalue weighted by molar-refractivity contribution is -0.123. The van der Waals surface area contributed by atoms with Crippen LogP contribution in [0.2, 0.25) is 0 Å². The lowest BCUT2D eigenvalue weighted by atomic mass is 10.1. The van der Waals surface area contributed by atoms with Crippen LogP contribution in [0.15, 0.2) is 71.1 Å². The minimum atomic E-state index is -0.982. The highest BCUT2D eigenvalue weighted by Gasteiger charge is 2.23. The van der Waals surface area contributed by atoms with Crippen molar-refractivity contribution >= 4 is 28.7 Å². The van der Waals surface area contributed by atoms with E-state index in [0.717, 1.165) is 11.1 Å². The van der Waals surface area contributed by atoms with Crippen LogP contribution < -0.4 is 5.32 Å². The van der Waals surface area contributed by atoms with Gasteiger partial charge in [0.2, 0.25) is 5.89 Å². The minimum Gasteiger partial charge on any atom is -0.449 e. The summed E-state index contributed by atoms with van der Waals surface area (Å²) in [5.41, 5.74) is 4.76. The van der Waals surface area contributed by atoms with Crippen molar-refractivity contribution in [3.8, 4) is 11.5 Å². The number of oxazole rings is 1. The molecule has 31 heavy (non-hydrogen) atoms. The van der Waals surface area contributed by atoms with E-state index in [1.807, 2.05) is 56.3 Å². The Morgan fingerprint density at radius 3 is 2.55 bits per heavy atom. The zero-order valence-corrected chi connectivity index (χ0v) is 17.5. The summed E-state index contributed by atoms with van der Waals surface area (Å²) in [7, 11) is 0. The van der Waals surface area contributed by atoms with Crippen LogP contribution in [0, 0.1) is 13.8 Å². The number of esters is 1. The molecular weight excluding hydrogens is 392 g/mol. The maximum atomic E-state index is 12.9. The van der Waals surface area contributed by atoms with E-state index < -0.39 is 18.0 Å². The summed E-state index contributed by atoms with van der Waals surface area (Å²) in [6.07, 6.45) is -0.982. The average molecular weight is 414 g/mol. The van der Waals surface area contributed by atoms with Crippen LogP contribution >= 0.6 is 0 Å². The number of nitrogens with zero attached hydrogens (tertiary/aromatic N) is 1. The Bertz CT molecular complexity index is 1240. The lowest BCUT2D eigenvalue weighted by Gasteiger charge is -2.16. The van der Waals surface area contributed by atoms with Crippen LogP contribution in [-0.4, -0.2) is 23.0 Å². The second-order valence-corrected chi connectivity index (χ2v) is 7.39. The van der Waals surface area contributed by atoms with Gasteiger partial charge in [0, 0.05) is 5.69 Å². The average Bonchev–Trinajstić information content (AvgIpc) is 3.20. The molecule has 6 nitrogen and oxygen atoms in total. The first-order valence-corrected chi connectivity index (χ1v) is 9.96. The predicted molar refractivity (Wildman–Crippen MR) is 119 cm³/mol. The van der Waals surface area contributed by atoms with Gasteiger partial charge in [-0.05, 0) is 62.2 Å². The first-order valence-electron chi connectivity index (χ1n) is 9.96. The third-order valence-electron chi connectivity index (χ3n) is 4.98. The first-order chi connectivity index (χ1) is 14.9. The number of aromatic nitrogens is 1. The molecule has 4 rings (SSSR count). The Kier molecular flexibility index (Phi) is 5.54. The smallest absolute Gasteiger partial charge is 0.339 e. The molecule has 0 aliphatic carbocycles. The minimum absolute atomic E-state index is 0.278. The van der Waals surface area contributed by atoms with Gasteiger partial charge in [0.05, 0.1) is 11.1 Å². The highest BCUT2D eigenvalue weighted by molar-refractivity contribution is 6.00. The molecular formula is C25H22N2O4. The molecule has 0 aliphatic rings. The Labute approximate surface area is 179 Å². The quantitative estimate of drug-likeness (QED) is 0.449. The number of carbonyl (C=O) groups excluding carboxylic acids is 2. The molecule has 3 aromatic carbocycles. The topological polar surface area (TPSA) is 81.4 Å². The summed E-state index contributed by atoms with van der Waals surface area (Å²) in [5, 5.41) is 2.82. The fourth-order valence-electron chi connectivity index (χ4n) is 3.22. The van der Waals surface area contributed by atoms with E-state index in [1.54, 1.807) is 31.2 Å². The molecule has 1 unspecified atom stereocenters. The van der Waals surface area contributed by atoms with Crippen LogP contribution in [0.25, 0.3) is 22.6 Å². The fourth-order valence-corrected chi connectivity index (χ4v) is 3.22. The van der Waals surface area contributed by atoms with Gasteiger partial charge in [-0.1, -0.05) is 36.4 Å². The van der Waals surface area contributed by atoms with Crippen molar-refractivity contribution in [2.24, 2.45) is 0 Å².